The first-order chi connectivity index (χ1) is 17.1. The molecule has 0 unspecified atom stereocenters. The van der Waals surface area contributed by atoms with Gasteiger partial charge in [0.25, 0.3) is 0 Å². The maximum atomic E-state index is 4.91. The summed E-state index contributed by atoms with van der Waals surface area (Å²) in [6.07, 6.45) is 5.90. The van der Waals surface area contributed by atoms with Crippen LogP contribution in [0, 0.1) is 6.92 Å². The van der Waals surface area contributed by atoms with Gasteiger partial charge in [-0.1, -0.05) is 37.3 Å². The molecule has 0 amide bonds. The maximum Gasteiger partial charge on any atom is 0.205 e. The lowest BCUT2D eigenvalue weighted by molar-refractivity contribution is 0.714. The van der Waals surface area contributed by atoms with Crippen LogP contribution < -0.4 is 0 Å². The van der Waals surface area contributed by atoms with Crippen LogP contribution in [0.5, 0.6) is 0 Å². The van der Waals surface area contributed by atoms with E-state index in [2.05, 4.69) is 76.6 Å². The summed E-state index contributed by atoms with van der Waals surface area (Å²) in [5.74, 6) is 1.59. The molecule has 6 rings (SSSR count). The highest BCUT2D eigenvalue weighted by Crippen LogP contribution is 2.35. The molecule has 1 aromatic carbocycles. The fourth-order valence-electron chi connectivity index (χ4n) is 4.43. The van der Waals surface area contributed by atoms with E-state index in [1.54, 1.807) is 0 Å². The average Bonchev–Trinajstić information content (AvgIpc) is 3.60. The van der Waals surface area contributed by atoms with Crippen molar-refractivity contribution >= 4 is 32.7 Å². The summed E-state index contributed by atoms with van der Waals surface area (Å²) in [5, 5.41) is 14.5. The van der Waals surface area contributed by atoms with Crippen molar-refractivity contribution in [3.63, 3.8) is 0 Å². The number of rotatable bonds is 6. The maximum absolute atomic E-state index is 4.91. The number of H-pyrrole nitrogens is 1. The molecule has 10 heteroatoms. The van der Waals surface area contributed by atoms with Gasteiger partial charge in [0.05, 0.1) is 6.54 Å². The molecule has 0 aliphatic carbocycles. The van der Waals surface area contributed by atoms with Gasteiger partial charge in [0.1, 0.15) is 27.3 Å². The number of benzene rings is 1. The minimum atomic E-state index is 0.531. The number of hydrogen-bond donors (Lipinski definition) is 1. The molecular formula is C25H22BrN9. The highest BCUT2D eigenvalue weighted by Gasteiger charge is 2.19. The van der Waals surface area contributed by atoms with E-state index >= 15 is 0 Å². The molecular weight excluding hydrogens is 506 g/mol. The molecule has 0 fully saturated rings. The number of aromatic nitrogens is 9. The van der Waals surface area contributed by atoms with Crippen molar-refractivity contribution in [2.75, 3.05) is 0 Å². The van der Waals surface area contributed by atoms with Crippen LogP contribution >= 0.6 is 15.9 Å². The fraction of sp³-hybridized carbons (Fsp3) is 0.200. The van der Waals surface area contributed by atoms with Gasteiger partial charge in [-0.15, -0.1) is 10.2 Å². The second-order valence-corrected chi connectivity index (χ2v) is 9.21. The Balaban J connectivity index is 1.44. The first kappa shape index (κ1) is 21.6. The predicted octanol–water partition coefficient (Wildman–Crippen LogP) is 5.00. The van der Waals surface area contributed by atoms with Crippen molar-refractivity contribution < 1.29 is 0 Å². The summed E-state index contributed by atoms with van der Waals surface area (Å²) in [5.41, 5.74) is 7.63. The summed E-state index contributed by atoms with van der Waals surface area (Å²) in [6.45, 7) is 4.93. The zero-order valence-corrected chi connectivity index (χ0v) is 20.9. The van der Waals surface area contributed by atoms with E-state index in [9.17, 15) is 0 Å². The average molecular weight is 528 g/mol. The van der Waals surface area contributed by atoms with E-state index in [-0.39, 0.29) is 0 Å². The number of fused-ring (bicyclic) bond motifs is 2. The SMILES string of the molecule is CCCc1nc2c(C)ccnc2n1Cc1ccc2nc(-c3ccccc3-c3nn[nH]n3)c(Br)n2c1. The highest BCUT2D eigenvalue weighted by atomic mass is 79.9. The van der Waals surface area contributed by atoms with E-state index in [1.165, 1.54) is 0 Å². The number of pyridine rings is 2. The molecule has 174 valence electrons. The Morgan fingerprint density at radius 3 is 2.69 bits per heavy atom. The number of nitrogens with zero attached hydrogens (tertiary/aromatic N) is 8. The monoisotopic (exact) mass is 527 g/mol. The number of aromatic amines is 1. The Bertz CT molecular complexity index is 1660. The first-order valence-corrected chi connectivity index (χ1v) is 12.2. The van der Waals surface area contributed by atoms with Gasteiger partial charge in [-0.25, -0.2) is 15.0 Å². The number of tetrazole rings is 1. The van der Waals surface area contributed by atoms with Gasteiger partial charge in [-0.3, -0.25) is 4.40 Å². The van der Waals surface area contributed by atoms with Crippen LogP contribution in [0.25, 0.3) is 39.5 Å². The van der Waals surface area contributed by atoms with Gasteiger partial charge in [0.15, 0.2) is 5.65 Å². The summed E-state index contributed by atoms with van der Waals surface area (Å²) >= 11 is 3.79. The van der Waals surface area contributed by atoms with E-state index in [0.717, 1.165) is 68.0 Å². The van der Waals surface area contributed by atoms with Crippen molar-refractivity contribution in [2.45, 2.75) is 33.2 Å². The van der Waals surface area contributed by atoms with Crippen LogP contribution in [0.1, 0.15) is 30.3 Å². The number of halogens is 1. The molecule has 6 aromatic rings. The van der Waals surface area contributed by atoms with Crippen molar-refractivity contribution in [2.24, 2.45) is 0 Å². The van der Waals surface area contributed by atoms with Gasteiger partial charge in [0.2, 0.25) is 5.82 Å². The largest absolute Gasteiger partial charge is 0.308 e. The lowest BCUT2D eigenvalue weighted by Gasteiger charge is -2.09. The number of nitrogens with one attached hydrogen (secondary N) is 1. The van der Waals surface area contributed by atoms with Crippen molar-refractivity contribution in [1.29, 1.82) is 0 Å². The third-order valence-corrected chi connectivity index (χ3v) is 6.88. The van der Waals surface area contributed by atoms with Crippen LogP contribution in [0.15, 0.2) is 59.5 Å². The lowest BCUT2D eigenvalue weighted by atomic mass is 10.0. The molecule has 5 heterocycles. The van der Waals surface area contributed by atoms with Gasteiger partial charge in [-0.2, -0.15) is 5.21 Å². The fourth-order valence-corrected chi connectivity index (χ4v) is 5.02. The van der Waals surface area contributed by atoms with Gasteiger partial charge in [0, 0.05) is 29.9 Å². The van der Waals surface area contributed by atoms with Crippen LogP contribution in [0.4, 0.5) is 0 Å². The minimum absolute atomic E-state index is 0.531. The van der Waals surface area contributed by atoms with Crippen molar-refractivity contribution in [3.05, 3.63) is 76.4 Å². The van der Waals surface area contributed by atoms with Gasteiger partial charge in [-0.05, 0) is 57.7 Å². The molecule has 0 radical (unpaired) electrons. The summed E-state index contributed by atoms with van der Waals surface area (Å²) < 4.78 is 5.16. The first-order valence-electron chi connectivity index (χ1n) is 11.4. The van der Waals surface area contributed by atoms with E-state index < -0.39 is 0 Å². The Morgan fingerprint density at radius 2 is 1.89 bits per heavy atom. The van der Waals surface area contributed by atoms with Crippen LogP contribution in [0.2, 0.25) is 0 Å². The van der Waals surface area contributed by atoms with Crippen LogP contribution in [-0.2, 0) is 13.0 Å². The predicted molar refractivity (Wildman–Crippen MR) is 137 cm³/mol. The molecule has 0 aliphatic rings. The van der Waals surface area contributed by atoms with Crippen molar-refractivity contribution in [1.82, 2.24) is 44.5 Å². The van der Waals surface area contributed by atoms with E-state index in [0.29, 0.717) is 12.4 Å². The minimum Gasteiger partial charge on any atom is -0.308 e. The summed E-state index contributed by atoms with van der Waals surface area (Å²) in [6, 6.07) is 14.1. The number of aryl methyl sites for hydroxylation is 2. The summed E-state index contributed by atoms with van der Waals surface area (Å²) in [7, 11) is 0. The molecule has 0 saturated heterocycles. The molecule has 9 nitrogen and oxygen atoms in total. The second kappa shape index (κ2) is 8.70. The number of imidazole rings is 2. The van der Waals surface area contributed by atoms with Gasteiger partial charge < -0.3 is 4.57 Å². The molecule has 35 heavy (non-hydrogen) atoms. The number of hydrogen-bond acceptors (Lipinski definition) is 6. The zero-order valence-electron chi connectivity index (χ0n) is 19.3. The smallest absolute Gasteiger partial charge is 0.205 e. The third-order valence-electron chi connectivity index (χ3n) is 6.12. The summed E-state index contributed by atoms with van der Waals surface area (Å²) in [4.78, 5) is 14.5. The highest BCUT2D eigenvalue weighted by molar-refractivity contribution is 9.10. The molecule has 0 atom stereocenters. The third kappa shape index (κ3) is 3.70. The lowest BCUT2D eigenvalue weighted by Crippen LogP contribution is -2.06. The van der Waals surface area contributed by atoms with Gasteiger partial charge >= 0.3 is 0 Å². The zero-order chi connectivity index (χ0) is 23.9. The van der Waals surface area contributed by atoms with E-state index in [1.807, 2.05) is 42.6 Å². The Kier molecular flexibility index (Phi) is 5.37. The molecule has 0 saturated carbocycles. The molecule has 1 N–H and O–H groups in total. The Morgan fingerprint density at radius 1 is 1.03 bits per heavy atom. The van der Waals surface area contributed by atoms with Crippen LogP contribution in [-0.4, -0.2) is 44.5 Å². The molecule has 0 spiro atoms. The van der Waals surface area contributed by atoms with Crippen molar-refractivity contribution in [3.8, 4) is 22.6 Å². The normalized spacial score (nSPS) is 11.6. The van der Waals surface area contributed by atoms with Crippen LogP contribution in [0.3, 0.4) is 0 Å². The Hall–Kier alpha value is -3.92. The molecule has 0 aliphatic heterocycles. The second-order valence-electron chi connectivity index (χ2n) is 8.46. The topological polar surface area (TPSA) is 102 Å². The molecule has 0 bridgehead atoms. The standard InChI is InChI=1S/C25H22BrN9/c1-3-6-19-28-21-15(2)11-12-27-25(21)35(19)14-16-9-10-20-29-22(23(26)34(20)13-16)17-7-4-5-8-18(17)24-30-32-33-31-24/h4-5,7-13H,3,6,14H2,1-2H3,(H,30,31,32,33). The van der Waals surface area contributed by atoms with E-state index in [4.69, 9.17) is 9.97 Å². The Labute approximate surface area is 209 Å². The molecule has 5 aromatic heterocycles. The quantitative estimate of drug-likeness (QED) is 0.327.